The fourth-order valence-electron chi connectivity index (χ4n) is 3.55. The van der Waals surface area contributed by atoms with Crippen molar-refractivity contribution in [2.24, 2.45) is 5.73 Å². The lowest BCUT2D eigenvalue weighted by Gasteiger charge is -2.30. The van der Waals surface area contributed by atoms with Gasteiger partial charge in [-0.2, -0.15) is 0 Å². The van der Waals surface area contributed by atoms with E-state index in [1.54, 1.807) is 12.1 Å². The molecule has 0 spiro atoms. The number of benzene rings is 1. The summed E-state index contributed by atoms with van der Waals surface area (Å²) in [5.74, 6) is 0.278. The lowest BCUT2D eigenvalue weighted by Crippen LogP contribution is -2.40. The summed E-state index contributed by atoms with van der Waals surface area (Å²) in [4.78, 5) is 28.3. The smallest absolute Gasteiger partial charge is 0.269 e. The highest BCUT2D eigenvalue weighted by atomic mass is 32.1. The number of hydrogen-bond donors (Lipinski definition) is 2. The van der Waals surface area contributed by atoms with E-state index < -0.39 is 12.0 Å². The standard InChI is InChI=1S/C20H23N3O4S/c1-11(2)23-8-7-12-16(9-23)28-20(17(12)18(21)24)22-19(25)15-10-26-13-5-3-4-6-14(13)27-15/h3-6,11,15H,7-10H2,1-2H3,(H2,21,24)(H,22,25)/t15-/m1/s1. The van der Waals surface area contributed by atoms with Crippen molar-refractivity contribution >= 4 is 28.2 Å². The van der Waals surface area contributed by atoms with Crippen LogP contribution in [0.1, 0.15) is 34.6 Å². The molecule has 0 saturated carbocycles. The second-order valence-corrected chi connectivity index (χ2v) is 8.35. The monoisotopic (exact) mass is 401 g/mol. The SMILES string of the molecule is CC(C)N1CCc2c(sc(NC(=O)[C@H]3COc4ccccc4O3)c2C(N)=O)C1. The molecule has 2 aliphatic heterocycles. The number of primary amides is 1. The largest absolute Gasteiger partial charge is 0.485 e. The number of para-hydroxylation sites is 2. The number of ether oxygens (including phenoxy) is 2. The first-order chi connectivity index (χ1) is 13.4. The van der Waals surface area contributed by atoms with Gasteiger partial charge in [0.15, 0.2) is 11.5 Å². The Morgan fingerprint density at radius 3 is 2.75 bits per heavy atom. The van der Waals surface area contributed by atoms with Gasteiger partial charge in [0.2, 0.25) is 6.10 Å². The molecule has 0 radical (unpaired) electrons. The average Bonchev–Trinajstić information content (AvgIpc) is 3.04. The molecule has 0 saturated heterocycles. The number of amides is 2. The second kappa shape index (κ2) is 7.44. The van der Waals surface area contributed by atoms with Crippen LogP contribution in [0.4, 0.5) is 5.00 Å². The molecule has 148 valence electrons. The molecule has 3 N–H and O–H groups in total. The molecule has 1 atom stereocenters. The average molecular weight is 401 g/mol. The van der Waals surface area contributed by atoms with Crippen molar-refractivity contribution in [1.82, 2.24) is 4.90 Å². The van der Waals surface area contributed by atoms with E-state index >= 15 is 0 Å². The Bertz CT molecular complexity index is 924. The minimum atomic E-state index is -0.790. The summed E-state index contributed by atoms with van der Waals surface area (Å²) < 4.78 is 11.4. The number of anilines is 1. The number of nitrogens with zero attached hydrogens (tertiary/aromatic N) is 1. The van der Waals surface area contributed by atoms with E-state index in [-0.39, 0.29) is 12.5 Å². The van der Waals surface area contributed by atoms with E-state index in [9.17, 15) is 9.59 Å². The fraction of sp³-hybridized carbons (Fsp3) is 0.400. The Labute approximate surface area is 167 Å². The molecular weight excluding hydrogens is 378 g/mol. The van der Waals surface area contributed by atoms with Crippen molar-refractivity contribution in [2.75, 3.05) is 18.5 Å². The van der Waals surface area contributed by atoms with E-state index in [4.69, 9.17) is 15.2 Å². The van der Waals surface area contributed by atoms with Crippen molar-refractivity contribution in [1.29, 1.82) is 0 Å². The quantitative estimate of drug-likeness (QED) is 0.820. The van der Waals surface area contributed by atoms with Gasteiger partial charge in [-0.1, -0.05) is 12.1 Å². The van der Waals surface area contributed by atoms with E-state index in [1.165, 1.54) is 11.3 Å². The number of nitrogens with one attached hydrogen (secondary N) is 1. The molecule has 2 amide bonds. The zero-order chi connectivity index (χ0) is 19.8. The van der Waals surface area contributed by atoms with Gasteiger partial charge in [0.1, 0.15) is 11.6 Å². The third-order valence-electron chi connectivity index (χ3n) is 5.10. The number of hydrogen-bond acceptors (Lipinski definition) is 6. The highest BCUT2D eigenvalue weighted by molar-refractivity contribution is 7.17. The second-order valence-electron chi connectivity index (χ2n) is 7.24. The number of carbonyl (C=O) groups is 2. The molecule has 1 aromatic heterocycles. The van der Waals surface area contributed by atoms with E-state index in [1.807, 2.05) is 12.1 Å². The Hall–Kier alpha value is -2.58. The van der Waals surface area contributed by atoms with Gasteiger partial charge in [-0.15, -0.1) is 11.3 Å². The molecule has 0 fully saturated rings. The molecule has 7 nitrogen and oxygen atoms in total. The molecule has 2 aromatic rings. The van der Waals surface area contributed by atoms with Gasteiger partial charge < -0.3 is 20.5 Å². The maximum Gasteiger partial charge on any atom is 0.269 e. The summed E-state index contributed by atoms with van der Waals surface area (Å²) >= 11 is 1.42. The third-order valence-corrected chi connectivity index (χ3v) is 6.23. The summed E-state index contributed by atoms with van der Waals surface area (Å²) in [6, 6.07) is 7.63. The van der Waals surface area contributed by atoms with Gasteiger partial charge >= 0.3 is 0 Å². The number of rotatable bonds is 4. The minimum absolute atomic E-state index is 0.112. The predicted octanol–water partition coefficient (Wildman–Crippen LogP) is 2.39. The van der Waals surface area contributed by atoms with Gasteiger partial charge in [-0.25, -0.2) is 0 Å². The van der Waals surface area contributed by atoms with Crippen LogP contribution in [-0.2, 0) is 17.8 Å². The summed E-state index contributed by atoms with van der Waals surface area (Å²) in [5.41, 5.74) is 7.02. The van der Waals surface area contributed by atoms with Crippen LogP contribution in [0.15, 0.2) is 24.3 Å². The topological polar surface area (TPSA) is 93.9 Å². The van der Waals surface area contributed by atoms with Crippen molar-refractivity contribution in [3.8, 4) is 11.5 Å². The van der Waals surface area contributed by atoms with Crippen LogP contribution in [0, 0.1) is 0 Å². The Morgan fingerprint density at radius 2 is 2.04 bits per heavy atom. The molecule has 8 heteroatoms. The van der Waals surface area contributed by atoms with E-state index in [0.29, 0.717) is 28.1 Å². The van der Waals surface area contributed by atoms with Crippen molar-refractivity contribution < 1.29 is 19.1 Å². The first-order valence-electron chi connectivity index (χ1n) is 9.31. The molecule has 3 heterocycles. The molecule has 0 aliphatic carbocycles. The summed E-state index contributed by atoms with van der Waals surface area (Å²) in [5, 5.41) is 3.34. The first-order valence-corrected chi connectivity index (χ1v) is 10.1. The summed E-state index contributed by atoms with van der Waals surface area (Å²) in [7, 11) is 0. The Kier molecular flexibility index (Phi) is 4.99. The van der Waals surface area contributed by atoms with E-state index in [0.717, 1.165) is 30.0 Å². The van der Waals surface area contributed by atoms with Gasteiger partial charge in [0, 0.05) is 24.0 Å². The maximum atomic E-state index is 12.8. The van der Waals surface area contributed by atoms with Crippen LogP contribution in [0.2, 0.25) is 0 Å². The van der Waals surface area contributed by atoms with Crippen LogP contribution in [0.3, 0.4) is 0 Å². The van der Waals surface area contributed by atoms with Crippen molar-refractivity contribution in [3.63, 3.8) is 0 Å². The van der Waals surface area contributed by atoms with Crippen LogP contribution < -0.4 is 20.5 Å². The molecule has 0 bridgehead atoms. The molecule has 4 rings (SSSR count). The van der Waals surface area contributed by atoms with Gasteiger partial charge in [0.05, 0.1) is 5.56 Å². The lowest BCUT2D eigenvalue weighted by molar-refractivity contribution is -0.125. The number of thiophene rings is 1. The van der Waals surface area contributed by atoms with Gasteiger partial charge in [-0.05, 0) is 38.0 Å². The van der Waals surface area contributed by atoms with Crippen molar-refractivity contribution in [2.45, 2.75) is 39.0 Å². The fourth-order valence-corrected chi connectivity index (χ4v) is 4.84. The van der Waals surface area contributed by atoms with Crippen LogP contribution >= 0.6 is 11.3 Å². The normalized spacial score (nSPS) is 18.6. The molecule has 28 heavy (non-hydrogen) atoms. The zero-order valence-electron chi connectivity index (χ0n) is 15.9. The minimum Gasteiger partial charge on any atom is -0.485 e. The molecule has 2 aliphatic rings. The lowest BCUT2D eigenvalue weighted by atomic mass is 10.0. The number of nitrogens with two attached hydrogens (primary N) is 1. The Balaban J connectivity index is 1.55. The van der Waals surface area contributed by atoms with Crippen molar-refractivity contribution in [3.05, 3.63) is 40.3 Å². The van der Waals surface area contributed by atoms with Crippen LogP contribution in [-0.4, -0.2) is 42.0 Å². The predicted molar refractivity (Wildman–Crippen MR) is 107 cm³/mol. The molecule has 1 aromatic carbocycles. The zero-order valence-corrected chi connectivity index (χ0v) is 16.7. The highest BCUT2D eigenvalue weighted by Gasteiger charge is 2.32. The Morgan fingerprint density at radius 1 is 1.29 bits per heavy atom. The van der Waals surface area contributed by atoms with E-state index in [2.05, 4.69) is 24.1 Å². The number of carbonyl (C=O) groups excluding carboxylic acids is 2. The summed E-state index contributed by atoms with van der Waals surface area (Å²) in [6.45, 7) is 6.03. The van der Waals surface area contributed by atoms with Crippen LogP contribution in [0.25, 0.3) is 0 Å². The summed E-state index contributed by atoms with van der Waals surface area (Å²) in [6.07, 6.45) is -0.0453. The van der Waals surface area contributed by atoms with Gasteiger partial charge in [0.25, 0.3) is 11.8 Å². The molecular formula is C20H23N3O4S. The molecule has 0 unspecified atom stereocenters. The maximum absolute atomic E-state index is 12.8. The highest BCUT2D eigenvalue weighted by Crippen LogP contribution is 2.38. The number of fused-ring (bicyclic) bond motifs is 2. The third kappa shape index (κ3) is 3.45. The van der Waals surface area contributed by atoms with Gasteiger partial charge in [-0.3, -0.25) is 14.5 Å². The first kappa shape index (κ1) is 18.8. The van der Waals surface area contributed by atoms with Crippen LogP contribution in [0.5, 0.6) is 11.5 Å².